The number of phenolic OH excluding ortho intramolecular Hbond substituents is 1. The van der Waals surface area contributed by atoms with Crippen molar-refractivity contribution in [1.82, 2.24) is 9.78 Å². The van der Waals surface area contributed by atoms with E-state index in [9.17, 15) is 9.50 Å². The predicted octanol–water partition coefficient (Wildman–Crippen LogP) is 2.75. The number of hydrogen-bond acceptors (Lipinski definition) is 3. The molecule has 0 radical (unpaired) electrons. The quantitative estimate of drug-likeness (QED) is 0.879. The standard InChI is InChI=1S/C13H16FN3O/c1-8(11-5-4-10(14)6-13(11)18)15-12-7-17(3)16-9(12)2/h4-8,15,18H,1-3H3. The minimum absolute atomic E-state index is 0.0449. The van der Waals surface area contributed by atoms with Crippen LogP contribution in [0.15, 0.2) is 24.4 Å². The largest absolute Gasteiger partial charge is 0.507 e. The Kier molecular flexibility index (Phi) is 3.23. The maximum atomic E-state index is 12.9. The molecule has 0 aliphatic carbocycles. The van der Waals surface area contributed by atoms with Gasteiger partial charge in [-0.1, -0.05) is 6.07 Å². The molecular formula is C13H16FN3O. The normalized spacial score (nSPS) is 12.4. The van der Waals surface area contributed by atoms with Gasteiger partial charge in [0.05, 0.1) is 17.4 Å². The van der Waals surface area contributed by atoms with E-state index in [-0.39, 0.29) is 11.8 Å². The monoisotopic (exact) mass is 249 g/mol. The summed E-state index contributed by atoms with van der Waals surface area (Å²) in [7, 11) is 1.85. The number of rotatable bonds is 3. The fourth-order valence-corrected chi connectivity index (χ4v) is 1.94. The lowest BCUT2D eigenvalue weighted by molar-refractivity contribution is 0.459. The molecule has 1 aromatic carbocycles. The number of halogens is 1. The van der Waals surface area contributed by atoms with Gasteiger partial charge in [0.15, 0.2) is 0 Å². The lowest BCUT2D eigenvalue weighted by Crippen LogP contribution is -2.07. The highest BCUT2D eigenvalue weighted by molar-refractivity contribution is 5.49. The van der Waals surface area contributed by atoms with E-state index in [1.165, 1.54) is 6.07 Å². The van der Waals surface area contributed by atoms with Crippen molar-refractivity contribution < 1.29 is 9.50 Å². The van der Waals surface area contributed by atoms with Crippen LogP contribution in [-0.4, -0.2) is 14.9 Å². The first-order valence-electron chi connectivity index (χ1n) is 5.72. The van der Waals surface area contributed by atoms with E-state index in [1.807, 2.05) is 27.1 Å². The average Bonchev–Trinajstić information content (AvgIpc) is 2.57. The van der Waals surface area contributed by atoms with Gasteiger partial charge >= 0.3 is 0 Å². The second-order valence-electron chi connectivity index (χ2n) is 4.37. The first kappa shape index (κ1) is 12.4. The Hall–Kier alpha value is -2.04. The summed E-state index contributed by atoms with van der Waals surface area (Å²) in [6.45, 7) is 3.80. The molecule has 2 rings (SSSR count). The lowest BCUT2D eigenvalue weighted by atomic mass is 10.1. The Morgan fingerprint density at radius 3 is 2.72 bits per heavy atom. The molecule has 0 fully saturated rings. The van der Waals surface area contributed by atoms with Gasteiger partial charge in [-0.05, 0) is 19.9 Å². The van der Waals surface area contributed by atoms with Crippen molar-refractivity contribution in [2.45, 2.75) is 19.9 Å². The zero-order valence-electron chi connectivity index (χ0n) is 10.6. The third kappa shape index (κ3) is 2.45. The second kappa shape index (κ2) is 4.68. The van der Waals surface area contributed by atoms with Gasteiger partial charge in [-0.25, -0.2) is 4.39 Å². The third-order valence-corrected chi connectivity index (χ3v) is 2.84. The average molecular weight is 249 g/mol. The molecule has 2 aromatic rings. The lowest BCUT2D eigenvalue weighted by Gasteiger charge is -2.16. The van der Waals surface area contributed by atoms with Gasteiger partial charge in [0.25, 0.3) is 0 Å². The Balaban J connectivity index is 2.21. The molecule has 4 nitrogen and oxygen atoms in total. The van der Waals surface area contributed by atoms with Crippen LogP contribution in [0.4, 0.5) is 10.1 Å². The first-order valence-corrected chi connectivity index (χ1v) is 5.72. The number of nitrogens with zero attached hydrogens (tertiary/aromatic N) is 2. The molecule has 1 unspecified atom stereocenters. The summed E-state index contributed by atoms with van der Waals surface area (Å²) in [5.74, 6) is -0.488. The van der Waals surface area contributed by atoms with Gasteiger partial charge in [-0.3, -0.25) is 4.68 Å². The molecule has 0 aliphatic heterocycles. The summed E-state index contributed by atoms with van der Waals surface area (Å²) in [4.78, 5) is 0. The summed E-state index contributed by atoms with van der Waals surface area (Å²) >= 11 is 0. The molecular weight excluding hydrogens is 233 g/mol. The van der Waals surface area contributed by atoms with Crippen LogP contribution < -0.4 is 5.32 Å². The summed E-state index contributed by atoms with van der Waals surface area (Å²) in [5.41, 5.74) is 2.43. The van der Waals surface area contributed by atoms with Gasteiger partial charge in [0.1, 0.15) is 11.6 Å². The number of aryl methyl sites for hydroxylation is 2. The van der Waals surface area contributed by atoms with Gasteiger partial charge in [-0.15, -0.1) is 0 Å². The van der Waals surface area contributed by atoms with Crippen LogP contribution in [0, 0.1) is 12.7 Å². The van der Waals surface area contributed by atoms with E-state index < -0.39 is 5.82 Å². The maximum absolute atomic E-state index is 12.9. The van der Waals surface area contributed by atoms with Crippen molar-refractivity contribution in [1.29, 1.82) is 0 Å². The number of nitrogens with one attached hydrogen (secondary N) is 1. The molecule has 5 heteroatoms. The van der Waals surface area contributed by atoms with Crippen LogP contribution in [0.25, 0.3) is 0 Å². The highest BCUT2D eigenvalue weighted by Gasteiger charge is 2.13. The number of anilines is 1. The van der Waals surface area contributed by atoms with Crippen LogP contribution in [-0.2, 0) is 7.05 Å². The van der Waals surface area contributed by atoms with Gasteiger partial charge in [0, 0.05) is 24.9 Å². The molecule has 0 aliphatic rings. The fourth-order valence-electron chi connectivity index (χ4n) is 1.94. The maximum Gasteiger partial charge on any atom is 0.126 e. The van der Waals surface area contributed by atoms with E-state index in [4.69, 9.17) is 0 Å². The van der Waals surface area contributed by atoms with Crippen molar-refractivity contribution in [3.05, 3.63) is 41.5 Å². The Morgan fingerprint density at radius 2 is 2.17 bits per heavy atom. The van der Waals surface area contributed by atoms with Gasteiger partial charge in [-0.2, -0.15) is 5.10 Å². The zero-order chi connectivity index (χ0) is 13.3. The number of benzene rings is 1. The molecule has 18 heavy (non-hydrogen) atoms. The van der Waals surface area contributed by atoms with Crippen LogP contribution in [0.1, 0.15) is 24.2 Å². The van der Waals surface area contributed by atoms with Crippen molar-refractivity contribution in [3.63, 3.8) is 0 Å². The molecule has 1 atom stereocenters. The number of hydrogen-bond donors (Lipinski definition) is 2. The van der Waals surface area contributed by atoms with E-state index in [0.717, 1.165) is 17.4 Å². The predicted molar refractivity (Wildman–Crippen MR) is 68.0 cm³/mol. The van der Waals surface area contributed by atoms with Crippen LogP contribution in [0.2, 0.25) is 0 Å². The number of aromatic hydroxyl groups is 1. The molecule has 0 saturated carbocycles. The minimum Gasteiger partial charge on any atom is -0.507 e. The van der Waals surface area contributed by atoms with Gasteiger partial charge < -0.3 is 10.4 Å². The van der Waals surface area contributed by atoms with Crippen molar-refractivity contribution in [3.8, 4) is 5.75 Å². The second-order valence-corrected chi connectivity index (χ2v) is 4.37. The van der Waals surface area contributed by atoms with Crippen molar-refractivity contribution >= 4 is 5.69 Å². The topological polar surface area (TPSA) is 50.1 Å². The summed E-state index contributed by atoms with van der Waals surface area (Å²) in [6.07, 6.45) is 1.87. The van der Waals surface area contributed by atoms with E-state index in [0.29, 0.717) is 5.56 Å². The Labute approximate surface area is 105 Å². The van der Waals surface area contributed by atoms with Crippen LogP contribution in [0.3, 0.4) is 0 Å². The molecule has 0 bridgehead atoms. The highest BCUT2D eigenvalue weighted by atomic mass is 19.1. The number of aromatic nitrogens is 2. The highest BCUT2D eigenvalue weighted by Crippen LogP contribution is 2.28. The first-order chi connectivity index (χ1) is 8.47. The van der Waals surface area contributed by atoms with Crippen molar-refractivity contribution in [2.24, 2.45) is 7.05 Å². The molecule has 1 aromatic heterocycles. The van der Waals surface area contributed by atoms with Gasteiger partial charge in [0.2, 0.25) is 0 Å². The SMILES string of the molecule is Cc1nn(C)cc1NC(C)c1ccc(F)cc1O. The van der Waals surface area contributed by atoms with E-state index in [1.54, 1.807) is 10.7 Å². The molecule has 96 valence electrons. The Morgan fingerprint density at radius 1 is 1.44 bits per heavy atom. The molecule has 2 N–H and O–H groups in total. The smallest absolute Gasteiger partial charge is 0.126 e. The summed E-state index contributed by atoms with van der Waals surface area (Å²) in [6, 6.07) is 3.90. The minimum atomic E-state index is -0.444. The Bertz CT molecular complexity index is 565. The van der Waals surface area contributed by atoms with E-state index in [2.05, 4.69) is 10.4 Å². The van der Waals surface area contributed by atoms with Crippen LogP contribution >= 0.6 is 0 Å². The van der Waals surface area contributed by atoms with E-state index >= 15 is 0 Å². The summed E-state index contributed by atoms with van der Waals surface area (Å²) < 4.78 is 14.6. The van der Waals surface area contributed by atoms with Crippen molar-refractivity contribution in [2.75, 3.05) is 5.32 Å². The van der Waals surface area contributed by atoms with Crippen LogP contribution in [0.5, 0.6) is 5.75 Å². The third-order valence-electron chi connectivity index (χ3n) is 2.84. The zero-order valence-corrected chi connectivity index (χ0v) is 10.6. The fraction of sp³-hybridized carbons (Fsp3) is 0.308. The molecule has 1 heterocycles. The molecule has 0 spiro atoms. The number of phenols is 1. The molecule has 0 saturated heterocycles. The summed E-state index contributed by atoms with van der Waals surface area (Å²) in [5, 5.41) is 17.2. The molecule has 0 amide bonds.